The fourth-order valence-electron chi connectivity index (χ4n) is 1.55. The van der Waals surface area contributed by atoms with Gasteiger partial charge in [0.2, 0.25) is 0 Å². The number of halogens is 1. The number of rotatable bonds is 3. The highest BCUT2D eigenvalue weighted by Gasteiger charge is 2.05. The molecular formula is C11H12BrNOS. The van der Waals surface area contributed by atoms with Crippen LogP contribution < -0.4 is 5.56 Å². The SMILES string of the molecule is CCCCn1ccc2sc(Br)cc2c1=O. The Bertz CT molecular complexity index is 529. The normalized spacial score (nSPS) is 11.1. The second kappa shape index (κ2) is 4.49. The average Bonchev–Trinajstić information content (AvgIpc) is 2.59. The highest BCUT2D eigenvalue weighted by molar-refractivity contribution is 9.11. The average molecular weight is 286 g/mol. The Labute approximate surface area is 101 Å². The predicted molar refractivity (Wildman–Crippen MR) is 68.7 cm³/mol. The topological polar surface area (TPSA) is 22.0 Å². The van der Waals surface area contributed by atoms with Gasteiger partial charge in [-0.15, -0.1) is 11.3 Å². The molecule has 0 spiro atoms. The van der Waals surface area contributed by atoms with Gasteiger partial charge in [0.25, 0.3) is 5.56 Å². The number of aryl methyl sites for hydroxylation is 1. The van der Waals surface area contributed by atoms with Gasteiger partial charge in [-0.1, -0.05) is 13.3 Å². The first-order valence-electron chi connectivity index (χ1n) is 5.01. The van der Waals surface area contributed by atoms with Gasteiger partial charge in [0.1, 0.15) is 0 Å². The van der Waals surface area contributed by atoms with Gasteiger partial charge in [-0.2, -0.15) is 0 Å². The summed E-state index contributed by atoms with van der Waals surface area (Å²) in [7, 11) is 0. The van der Waals surface area contributed by atoms with Crippen molar-refractivity contribution in [3.05, 3.63) is 32.5 Å². The molecule has 0 aliphatic carbocycles. The van der Waals surface area contributed by atoms with Gasteiger partial charge in [0.05, 0.1) is 9.17 Å². The molecule has 0 saturated carbocycles. The lowest BCUT2D eigenvalue weighted by Crippen LogP contribution is -2.18. The summed E-state index contributed by atoms with van der Waals surface area (Å²) >= 11 is 5.01. The minimum absolute atomic E-state index is 0.128. The van der Waals surface area contributed by atoms with Crippen LogP contribution in [-0.4, -0.2) is 4.57 Å². The van der Waals surface area contributed by atoms with E-state index >= 15 is 0 Å². The first kappa shape index (κ1) is 10.9. The summed E-state index contributed by atoms with van der Waals surface area (Å²) in [6.07, 6.45) is 4.05. The Morgan fingerprint density at radius 2 is 2.33 bits per heavy atom. The van der Waals surface area contributed by atoms with Crippen LogP contribution in [0.4, 0.5) is 0 Å². The van der Waals surface area contributed by atoms with E-state index in [1.165, 1.54) is 0 Å². The van der Waals surface area contributed by atoms with Gasteiger partial charge >= 0.3 is 0 Å². The Morgan fingerprint density at radius 3 is 3.07 bits per heavy atom. The minimum atomic E-state index is 0.128. The first-order chi connectivity index (χ1) is 7.22. The fraction of sp³-hybridized carbons (Fsp3) is 0.364. The number of hydrogen-bond donors (Lipinski definition) is 0. The van der Waals surface area contributed by atoms with Gasteiger partial charge in [-0.05, 0) is 34.5 Å². The standard InChI is InChI=1S/C11H12BrNOS/c1-2-3-5-13-6-4-9-8(11(13)14)7-10(12)15-9/h4,6-7H,2-3,5H2,1H3. The maximum atomic E-state index is 12.0. The molecule has 0 aliphatic heterocycles. The quantitative estimate of drug-likeness (QED) is 0.844. The van der Waals surface area contributed by atoms with Gasteiger partial charge in [-0.3, -0.25) is 4.79 Å². The zero-order valence-corrected chi connectivity index (χ0v) is 10.9. The molecule has 0 aromatic carbocycles. The lowest BCUT2D eigenvalue weighted by atomic mass is 10.3. The van der Waals surface area contributed by atoms with Crippen LogP contribution in [0.15, 0.2) is 26.9 Å². The summed E-state index contributed by atoms with van der Waals surface area (Å²) in [5.74, 6) is 0. The summed E-state index contributed by atoms with van der Waals surface area (Å²) < 4.78 is 3.87. The van der Waals surface area contributed by atoms with Crippen LogP contribution in [0.25, 0.3) is 10.1 Å². The van der Waals surface area contributed by atoms with Crippen LogP contribution in [0, 0.1) is 0 Å². The van der Waals surface area contributed by atoms with Crippen molar-refractivity contribution in [2.45, 2.75) is 26.3 Å². The monoisotopic (exact) mass is 285 g/mol. The van der Waals surface area contributed by atoms with Crippen molar-refractivity contribution in [1.82, 2.24) is 4.57 Å². The van der Waals surface area contributed by atoms with E-state index in [0.29, 0.717) is 0 Å². The molecule has 80 valence electrons. The number of hydrogen-bond acceptors (Lipinski definition) is 2. The van der Waals surface area contributed by atoms with E-state index in [1.54, 1.807) is 15.9 Å². The van der Waals surface area contributed by atoms with Crippen molar-refractivity contribution in [1.29, 1.82) is 0 Å². The zero-order chi connectivity index (χ0) is 10.8. The smallest absolute Gasteiger partial charge is 0.259 e. The van der Waals surface area contributed by atoms with Crippen molar-refractivity contribution >= 4 is 37.4 Å². The van der Waals surface area contributed by atoms with Crippen molar-refractivity contribution in [2.75, 3.05) is 0 Å². The Morgan fingerprint density at radius 1 is 1.53 bits per heavy atom. The number of fused-ring (bicyclic) bond motifs is 1. The summed E-state index contributed by atoms with van der Waals surface area (Å²) in [6.45, 7) is 2.95. The lowest BCUT2D eigenvalue weighted by molar-refractivity contribution is 0.617. The van der Waals surface area contributed by atoms with E-state index in [9.17, 15) is 4.79 Å². The molecule has 0 bridgehead atoms. The summed E-state index contributed by atoms with van der Waals surface area (Å²) in [6, 6.07) is 3.92. The van der Waals surface area contributed by atoms with E-state index in [4.69, 9.17) is 0 Å². The highest BCUT2D eigenvalue weighted by Crippen LogP contribution is 2.27. The summed E-state index contributed by atoms with van der Waals surface area (Å²) in [4.78, 5) is 12.0. The van der Waals surface area contributed by atoms with E-state index in [1.807, 2.05) is 18.3 Å². The van der Waals surface area contributed by atoms with Crippen molar-refractivity contribution in [3.63, 3.8) is 0 Å². The maximum Gasteiger partial charge on any atom is 0.259 e. The van der Waals surface area contributed by atoms with Gasteiger partial charge in [-0.25, -0.2) is 0 Å². The van der Waals surface area contributed by atoms with E-state index in [0.717, 1.165) is 33.3 Å². The summed E-state index contributed by atoms with van der Waals surface area (Å²) in [5.41, 5.74) is 0.128. The third-order valence-corrected chi connectivity index (χ3v) is 3.98. The van der Waals surface area contributed by atoms with Crippen LogP contribution in [0.2, 0.25) is 0 Å². The highest BCUT2D eigenvalue weighted by atomic mass is 79.9. The zero-order valence-electron chi connectivity index (χ0n) is 8.50. The van der Waals surface area contributed by atoms with Crippen molar-refractivity contribution < 1.29 is 0 Å². The Balaban J connectivity index is 2.50. The Hall–Kier alpha value is -0.610. The Kier molecular flexibility index (Phi) is 3.26. The van der Waals surface area contributed by atoms with Crippen LogP contribution in [0.3, 0.4) is 0 Å². The number of unbranched alkanes of at least 4 members (excludes halogenated alkanes) is 1. The number of aromatic nitrogens is 1. The molecule has 2 aromatic rings. The third kappa shape index (κ3) is 2.16. The van der Waals surface area contributed by atoms with Crippen molar-refractivity contribution in [2.24, 2.45) is 0 Å². The number of nitrogens with zero attached hydrogens (tertiary/aromatic N) is 1. The summed E-state index contributed by atoms with van der Waals surface area (Å²) in [5, 5.41) is 0.825. The van der Waals surface area contributed by atoms with Crippen LogP contribution in [0.1, 0.15) is 19.8 Å². The lowest BCUT2D eigenvalue weighted by Gasteiger charge is -2.03. The molecule has 0 aliphatic rings. The molecule has 0 unspecified atom stereocenters. The minimum Gasteiger partial charge on any atom is -0.315 e. The maximum absolute atomic E-state index is 12.0. The molecule has 2 rings (SSSR count). The molecule has 2 aromatic heterocycles. The van der Waals surface area contributed by atoms with Gasteiger partial charge in [0, 0.05) is 17.4 Å². The third-order valence-electron chi connectivity index (χ3n) is 2.38. The molecular weight excluding hydrogens is 274 g/mol. The molecule has 4 heteroatoms. The molecule has 2 heterocycles. The number of thiophene rings is 1. The molecule has 0 radical (unpaired) electrons. The molecule has 2 nitrogen and oxygen atoms in total. The fourth-order valence-corrected chi connectivity index (χ4v) is 3.07. The molecule has 0 N–H and O–H groups in total. The largest absolute Gasteiger partial charge is 0.315 e. The molecule has 0 amide bonds. The van der Waals surface area contributed by atoms with Gasteiger partial charge in [0.15, 0.2) is 0 Å². The van der Waals surface area contributed by atoms with E-state index < -0.39 is 0 Å². The molecule has 0 fully saturated rings. The second-order valence-corrected chi connectivity index (χ2v) is 5.96. The van der Waals surface area contributed by atoms with Gasteiger partial charge < -0.3 is 4.57 Å². The second-order valence-electron chi connectivity index (χ2n) is 3.50. The molecule has 0 saturated heterocycles. The number of pyridine rings is 1. The van der Waals surface area contributed by atoms with Crippen LogP contribution >= 0.6 is 27.3 Å². The van der Waals surface area contributed by atoms with Crippen LogP contribution in [0.5, 0.6) is 0 Å². The van der Waals surface area contributed by atoms with Crippen molar-refractivity contribution in [3.8, 4) is 0 Å². The van der Waals surface area contributed by atoms with E-state index in [-0.39, 0.29) is 5.56 Å². The molecule has 0 atom stereocenters. The molecule has 15 heavy (non-hydrogen) atoms. The van der Waals surface area contributed by atoms with Crippen LogP contribution in [-0.2, 0) is 6.54 Å². The predicted octanol–water partition coefficient (Wildman–Crippen LogP) is 3.63. The first-order valence-corrected chi connectivity index (χ1v) is 6.62. The van der Waals surface area contributed by atoms with E-state index in [2.05, 4.69) is 22.9 Å².